The van der Waals surface area contributed by atoms with Gasteiger partial charge in [0, 0.05) is 12.8 Å². The van der Waals surface area contributed by atoms with E-state index in [4.69, 9.17) is 0 Å². The average molecular weight is 1170 g/mol. The molecule has 0 amide bonds. The number of fused-ring (bicyclic) bond motifs is 10. The molecule has 0 bridgehead atoms. The second-order valence-corrected chi connectivity index (χ2v) is 28.3. The summed E-state index contributed by atoms with van der Waals surface area (Å²) < 4.78 is 126. The van der Waals surface area contributed by atoms with Gasteiger partial charge in [-0.3, -0.25) is 0 Å². The van der Waals surface area contributed by atoms with Gasteiger partial charge in [0.15, 0.2) is 0 Å². The lowest BCUT2D eigenvalue weighted by molar-refractivity contribution is -0.284. The van der Waals surface area contributed by atoms with E-state index in [1.54, 1.807) is 16.7 Å². The first-order chi connectivity index (χ1) is 38.7. The van der Waals surface area contributed by atoms with Crippen molar-refractivity contribution in [1.29, 1.82) is 0 Å². The number of aliphatic hydroxyl groups excluding tert-OH is 2. The van der Waals surface area contributed by atoms with Crippen LogP contribution in [0.1, 0.15) is 266 Å². The Morgan fingerprint density at radius 1 is 0.500 bits per heavy atom. The minimum Gasteiger partial charge on any atom is -0.393 e. The number of hydrogen-bond donors (Lipinski definition) is 2. The fraction of sp³-hybridized carbons (Fsp3) is 0.800. The van der Waals surface area contributed by atoms with E-state index in [1.165, 1.54) is 74.5 Å². The van der Waals surface area contributed by atoms with Gasteiger partial charge in [0.05, 0.1) is 12.2 Å². The predicted molar refractivity (Wildman–Crippen MR) is 312 cm³/mol. The zero-order chi connectivity index (χ0) is 59.7. The molecule has 4 saturated carbocycles. The van der Waals surface area contributed by atoms with Crippen LogP contribution in [-0.4, -0.2) is 46.6 Å². The topological polar surface area (TPSA) is 40.5 Å². The molecule has 466 valence electrons. The van der Waals surface area contributed by atoms with E-state index in [9.17, 15) is 54.1 Å². The first-order valence-electron chi connectivity index (χ1n) is 32.8. The Morgan fingerprint density at radius 2 is 0.902 bits per heavy atom. The number of hydrogen-bond acceptors (Lipinski definition) is 2. The summed E-state index contributed by atoms with van der Waals surface area (Å²) in [6.07, 6.45) is 21.0. The predicted octanol–water partition coefficient (Wildman–Crippen LogP) is 21.7. The Kier molecular flexibility index (Phi) is 23.6. The highest BCUT2D eigenvalue weighted by Gasteiger charge is 2.59. The first-order valence-corrected chi connectivity index (χ1v) is 32.8. The van der Waals surface area contributed by atoms with E-state index < -0.39 is 37.0 Å². The zero-order valence-corrected chi connectivity index (χ0v) is 50.8. The maximum Gasteiger partial charge on any atom is 0.453 e. The standard InChI is InChI=1S/C35H53F5O.C35H51F5O/c2*1-24(13-11-20-34(36,37)35(38,39)40)12-9-7-5-4-6-8-10-14-26-23-27-22-25(2)15-16-28(27)29-19-21-33(3)30(32(26)29)17-18-31(33)41/h15-16,22,24,26,29-32,41H,4-14,17-21,23H2,1-3H3;8,10,15-16,22,24,26,29-32,41H,4-7,9,11-14,17-21,23H2,1-3H3/t2*24?,26-,29?,30?,31+,32?,33+/m11/s1. The van der Waals surface area contributed by atoms with Crippen LogP contribution >= 0.6 is 0 Å². The zero-order valence-electron chi connectivity index (χ0n) is 50.8. The van der Waals surface area contributed by atoms with E-state index >= 15 is 0 Å². The molecule has 0 radical (unpaired) electrons. The second kappa shape index (κ2) is 28.9. The molecule has 2 nitrogen and oxygen atoms in total. The van der Waals surface area contributed by atoms with Gasteiger partial charge < -0.3 is 10.2 Å². The van der Waals surface area contributed by atoms with Crippen LogP contribution in [0.25, 0.3) is 0 Å². The number of alkyl halides is 10. The number of aryl methyl sites for hydroxylation is 2. The SMILES string of the molecule is Cc1ccc2c(c1)C[C@@H](CC=CCCCCCCC(C)CCCC(F)(F)C(F)(F)F)C1C2CC[C@@]2(C)C1CC[C@@H]2O.Cc1ccc2c(c1)C[C@@H](CCCCCCCCCC(C)CCCC(F)(F)C(F)(F)F)C1C2CC[C@@]2(C)C1CC[C@@H]2O. The summed E-state index contributed by atoms with van der Waals surface area (Å²) in [6.45, 7) is 13.0. The Hall–Kier alpha value is -2.60. The molecule has 0 aromatic heterocycles. The lowest BCUT2D eigenvalue weighted by Crippen LogP contribution is -2.47. The average Bonchev–Trinajstić information content (AvgIpc) is 3.62. The summed E-state index contributed by atoms with van der Waals surface area (Å²) in [7, 11) is 0. The molecule has 2 N–H and O–H groups in total. The lowest BCUT2D eigenvalue weighted by atomic mass is 9.52. The van der Waals surface area contributed by atoms with Crippen LogP contribution in [0.4, 0.5) is 43.9 Å². The Labute approximate surface area is 487 Å². The van der Waals surface area contributed by atoms with Crippen LogP contribution in [0, 0.1) is 72.0 Å². The molecule has 0 heterocycles. The summed E-state index contributed by atoms with van der Waals surface area (Å²) in [5, 5.41) is 21.8. The first kappa shape index (κ1) is 66.9. The molecule has 0 saturated heterocycles. The van der Waals surface area contributed by atoms with Crippen LogP contribution in [-0.2, 0) is 12.8 Å². The van der Waals surface area contributed by atoms with Crippen molar-refractivity contribution in [3.8, 4) is 0 Å². The quantitative estimate of drug-likeness (QED) is 0.0532. The highest BCUT2D eigenvalue weighted by molar-refractivity contribution is 5.40. The van der Waals surface area contributed by atoms with Gasteiger partial charge >= 0.3 is 24.2 Å². The number of aliphatic hydroxyl groups is 2. The Bertz CT molecular complexity index is 2310. The molecule has 14 atom stereocenters. The summed E-state index contributed by atoms with van der Waals surface area (Å²) in [5.41, 5.74) is 9.12. The molecule has 2 aromatic carbocycles. The normalized spacial score (nSPS) is 30.6. The highest BCUT2D eigenvalue weighted by Crippen LogP contribution is 2.64. The maximum absolute atomic E-state index is 13.1. The molecule has 8 unspecified atom stereocenters. The fourth-order valence-corrected chi connectivity index (χ4v) is 17.5. The van der Waals surface area contributed by atoms with Gasteiger partial charge in [-0.25, -0.2) is 0 Å². The van der Waals surface area contributed by atoms with Crippen LogP contribution in [0.3, 0.4) is 0 Å². The smallest absolute Gasteiger partial charge is 0.393 e. The molecule has 0 aliphatic heterocycles. The molecule has 2 aromatic rings. The van der Waals surface area contributed by atoms with Crippen molar-refractivity contribution in [3.05, 3.63) is 81.9 Å². The van der Waals surface area contributed by atoms with Gasteiger partial charge in [0.1, 0.15) is 0 Å². The molecular weight excluding hydrogens is 1060 g/mol. The Morgan fingerprint density at radius 3 is 1.37 bits per heavy atom. The largest absolute Gasteiger partial charge is 0.453 e. The van der Waals surface area contributed by atoms with Crippen LogP contribution in [0.2, 0.25) is 0 Å². The summed E-state index contributed by atoms with van der Waals surface area (Å²) in [4.78, 5) is 0. The van der Waals surface area contributed by atoms with Crippen molar-refractivity contribution in [2.24, 2.45) is 58.2 Å². The molecule has 0 spiro atoms. The van der Waals surface area contributed by atoms with E-state index in [1.807, 2.05) is 13.8 Å². The third kappa shape index (κ3) is 16.5. The third-order valence-corrected chi connectivity index (χ3v) is 22.4. The fourth-order valence-electron chi connectivity index (χ4n) is 17.5. The van der Waals surface area contributed by atoms with E-state index in [2.05, 4.69) is 76.2 Å². The molecule has 4 fully saturated rings. The molecular formula is C70H104F10O2. The Balaban J connectivity index is 0.000000236. The van der Waals surface area contributed by atoms with E-state index in [-0.39, 0.29) is 47.7 Å². The number of allylic oxidation sites excluding steroid dienone is 2. The van der Waals surface area contributed by atoms with Gasteiger partial charge in [-0.1, -0.05) is 177 Å². The molecule has 12 heteroatoms. The van der Waals surface area contributed by atoms with Gasteiger partial charge in [-0.2, -0.15) is 43.9 Å². The molecule has 82 heavy (non-hydrogen) atoms. The summed E-state index contributed by atoms with van der Waals surface area (Å²) >= 11 is 0. The minimum absolute atomic E-state index is 0.0664. The van der Waals surface area contributed by atoms with Gasteiger partial charge in [-0.15, -0.1) is 0 Å². The highest BCUT2D eigenvalue weighted by atomic mass is 19.4. The second-order valence-electron chi connectivity index (χ2n) is 28.3. The van der Waals surface area contributed by atoms with E-state index in [0.717, 1.165) is 109 Å². The van der Waals surface area contributed by atoms with Crippen molar-refractivity contribution in [3.63, 3.8) is 0 Å². The van der Waals surface area contributed by atoms with Crippen molar-refractivity contribution in [2.75, 3.05) is 0 Å². The molecule has 8 rings (SSSR count). The van der Waals surface area contributed by atoms with Crippen LogP contribution < -0.4 is 0 Å². The summed E-state index contributed by atoms with van der Waals surface area (Å²) in [6, 6.07) is 14.2. The summed E-state index contributed by atoms with van der Waals surface area (Å²) in [5.74, 6) is -3.59. The molecule has 6 aliphatic rings. The van der Waals surface area contributed by atoms with Crippen molar-refractivity contribution in [1.82, 2.24) is 0 Å². The lowest BCUT2D eigenvalue weighted by Gasteiger charge is -2.53. The number of rotatable bonds is 27. The van der Waals surface area contributed by atoms with Crippen molar-refractivity contribution in [2.45, 2.75) is 295 Å². The van der Waals surface area contributed by atoms with Gasteiger partial charge in [0.25, 0.3) is 0 Å². The van der Waals surface area contributed by atoms with Crippen LogP contribution in [0.5, 0.6) is 0 Å². The van der Waals surface area contributed by atoms with Gasteiger partial charge in [0.2, 0.25) is 0 Å². The minimum atomic E-state index is -5.44. The van der Waals surface area contributed by atoms with Gasteiger partial charge in [-0.05, 0) is 209 Å². The van der Waals surface area contributed by atoms with E-state index in [0.29, 0.717) is 60.2 Å². The van der Waals surface area contributed by atoms with Crippen LogP contribution in [0.15, 0.2) is 48.6 Å². The third-order valence-electron chi connectivity index (χ3n) is 22.4. The monoisotopic (exact) mass is 1170 g/mol. The number of benzene rings is 2. The van der Waals surface area contributed by atoms with Crippen molar-refractivity contribution >= 4 is 0 Å². The number of halogens is 10. The van der Waals surface area contributed by atoms with Crippen molar-refractivity contribution < 1.29 is 54.1 Å². The number of unbranched alkanes of at least 4 members (excludes halogenated alkanes) is 10. The maximum atomic E-state index is 13.1. The molecule has 6 aliphatic carbocycles.